The van der Waals surface area contributed by atoms with Crippen LogP contribution in [0.3, 0.4) is 0 Å². The van der Waals surface area contributed by atoms with Crippen LogP contribution in [0, 0.1) is 5.41 Å². The van der Waals surface area contributed by atoms with E-state index in [0.29, 0.717) is 17.5 Å². The van der Waals surface area contributed by atoms with Gasteiger partial charge in [0.1, 0.15) is 0 Å². The number of rotatable bonds is 3. The van der Waals surface area contributed by atoms with Crippen molar-refractivity contribution in [1.82, 2.24) is 10.1 Å². The molecule has 88 valence electrons. The maximum absolute atomic E-state index is 7.39. The second-order valence-corrected chi connectivity index (χ2v) is 4.30. The lowest BCUT2D eigenvalue weighted by Crippen LogP contribution is -2.23. The van der Waals surface area contributed by atoms with Crippen molar-refractivity contribution in [3.8, 4) is 0 Å². The molecule has 0 fully saturated rings. The summed E-state index contributed by atoms with van der Waals surface area (Å²) in [6.45, 7) is 3.95. The zero-order valence-corrected chi connectivity index (χ0v) is 9.91. The van der Waals surface area contributed by atoms with E-state index in [1.165, 1.54) is 0 Å². The van der Waals surface area contributed by atoms with Crippen LogP contribution < -0.4 is 11.5 Å². The first kappa shape index (κ1) is 12.5. The maximum Gasteiger partial charge on any atom is 0.237 e. The van der Waals surface area contributed by atoms with E-state index in [-0.39, 0.29) is 17.0 Å². The predicted molar refractivity (Wildman–Crippen MR) is 63.2 cm³/mol. The molecule has 8 heteroatoms. The van der Waals surface area contributed by atoms with Gasteiger partial charge in [-0.05, 0) is 0 Å². The molecule has 16 heavy (non-hydrogen) atoms. The van der Waals surface area contributed by atoms with Crippen LogP contribution in [0.4, 0.5) is 0 Å². The first-order valence-corrected chi connectivity index (χ1v) is 5.61. The molecule has 0 aliphatic rings. The summed E-state index contributed by atoms with van der Waals surface area (Å²) in [4.78, 5) is 7.72. The smallest absolute Gasteiger partial charge is 0.237 e. The van der Waals surface area contributed by atoms with Gasteiger partial charge in [-0.3, -0.25) is 5.41 Å². The fourth-order valence-corrected chi connectivity index (χ4v) is 1.39. The fraction of sp³-hybridized carbons (Fsp3) is 0.500. The summed E-state index contributed by atoms with van der Waals surface area (Å²) in [5, 5.41) is 11.2. The van der Waals surface area contributed by atoms with Gasteiger partial charge in [0.15, 0.2) is 17.0 Å². The van der Waals surface area contributed by atoms with Crippen molar-refractivity contribution in [2.24, 2.45) is 16.5 Å². The highest BCUT2D eigenvalue weighted by atomic mass is 32.2. The number of nitrogens with one attached hydrogen (secondary N) is 1. The quantitative estimate of drug-likeness (QED) is 0.527. The van der Waals surface area contributed by atoms with Gasteiger partial charge in [0, 0.05) is 5.92 Å². The van der Waals surface area contributed by atoms with Gasteiger partial charge >= 0.3 is 0 Å². The number of guanidine groups is 1. The Kier molecular flexibility index (Phi) is 4.29. The van der Waals surface area contributed by atoms with Crippen LogP contribution in [0.15, 0.2) is 9.52 Å². The lowest BCUT2D eigenvalue weighted by Gasteiger charge is -1.95. The van der Waals surface area contributed by atoms with E-state index in [2.05, 4.69) is 15.1 Å². The maximum atomic E-state index is 7.39. The third-order valence-corrected chi connectivity index (χ3v) is 2.32. The minimum Gasteiger partial charge on any atom is -0.370 e. The van der Waals surface area contributed by atoms with Gasteiger partial charge in [-0.1, -0.05) is 30.8 Å². The largest absolute Gasteiger partial charge is 0.370 e. The molecule has 0 aromatic carbocycles. The van der Waals surface area contributed by atoms with Crippen molar-refractivity contribution in [3.05, 3.63) is 11.7 Å². The average molecular weight is 242 g/mol. The molecule has 0 bridgehead atoms. The number of thioether (sulfide) groups is 1. The second kappa shape index (κ2) is 5.50. The Morgan fingerprint density at radius 3 is 2.75 bits per heavy atom. The summed E-state index contributed by atoms with van der Waals surface area (Å²) in [7, 11) is 0. The second-order valence-electron chi connectivity index (χ2n) is 3.33. The number of aromatic nitrogens is 2. The molecule has 7 nitrogen and oxygen atoms in total. The molecule has 0 atom stereocenters. The van der Waals surface area contributed by atoms with Crippen LogP contribution in [0.5, 0.6) is 0 Å². The van der Waals surface area contributed by atoms with E-state index in [0.717, 1.165) is 11.8 Å². The highest BCUT2D eigenvalue weighted by Crippen LogP contribution is 2.15. The molecule has 0 amide bonds. The van der Waals surface area contributed by atoms with Gasteiger partial charge in [0.2, 0.25) is 5.89 Å². The molecule has 0 saturated carbocycles. The number of aliphatic imine (C=N–C) groups is 1. The van der Waals surface area contributed by atoms with Gasteiger partial charge in [0.25, 0.3) is 0 Å². The zero-order chi connectivity index (χ0) is 12.1. The molecule has 5 N–H and O–H groups in total. The van der Waals surface area contributed by atoms with Crippen LogP contribution in [0.25, 0.3) is 0 Å². The van der Waals surface area contributed by atoms with Crippen molar-refractivity contribution in [2.75, 3.05) is 0 Å². The summed E-state index contributed by atoms with van der Waals surface area (Å²) in [6, 6.07) is 0. The molecule has 1 aromatic rings. The molecule has 0 aliphatic heterocycles. The normalized spacial score (nSPS) is 10.4. The van der Waals surface area contributed by atoms with Crippen molar-refractivity contribution >= 4 is 22.9 Å². The molecule has 1 rings (SSSR count). The minimum absolute atomic E-state index is 0.0179. The third-order valence-electron chi connectivity index (χ3n) is 1.56. The van der Waals surface area contributed by atoms with Crippen LogP contribution in [0.1, 0.15) is 31.5 Å². The van der Waals surface area contributed by atoms with Crippen molar-refractivity contribution in [1.29, 1.82) is 5.41 Å². The number of hydrogen-bond donors (Lipinski definition) is 3. The van der Waals surface area contributed by atoms with Crippen molar-refractivity contribution < 1.29 is 4.52 Å². The average Bonchev–Trinajstić information content (AvgIpc) is 2.61. The standard InChI is InChI=1S/C8H14N6OS/c1-4(2)6-12-5(15-14-6)3-16-8(11)13-7(9)10/h4H,3H2,1-2H3,(H5,9,10,11,13). The highest BCUT2D eigenvalue weighted by Gasteiger charge is 2.10. The molecule has 0 saturated heterocycles. The van der Waals surface area contributed by atoms with E-state index in [1.54, 1.807) is 0 Å². The molecular weight excluding hydrogens is 228 g/mol. The SMILES string of the molecule is CC(C)c1noc(CSC(=N)N=C(N)N)n1. The van der Waals surface area contributed by atoms with Crippen LogP contribution >= 0.6 is 11.8 Å². The van der Waals surface area contributed by atoms with Crippen LogP contribution in [-0.4, -0.2) is 21.3 Å². The Bertz CT molecular complexity index is 395. The highest BCUT2D eigenvalue weighted by molar-refractivity contribution is 8.13. The molecule has 1 heterocycles. The molecule has 0 unspecified atom stereocenters. The summed E-state index contributed by atoms with van der Waals surface area (Å²) < 4.78 is 4.99. The van der Waals surface area contributed by atoms with Crippen molar-refractivity contribution in [2.45, 2.75) is 25.5 Å². The monoisotopic (exact) mass is 242 g/mol. The predicted octanol–water partition coefficient (Wildman–Crippen LogP) is 0.634. The first-order valence-electron chi connectivity index (χ1n) is 4.62. The molecule has 0 radical (unpaired) electrons. The van der Waals surface area contributed by atoms with Gasteiger partial charge in [-0.2, -0.15) is 9.98 Å². The Morgan fingerprint density at radius 1 is 1.56 bits per heavy atom. The van der Waals surface area contributed by atoms with E-state index in [4.69, 9.17) is 21.4 Å². The first-order chi connectivity index (χ1) is 7.49. The topological polar surface area (TPSA) is 127 Å². The Morgan fingerprint density at radius 2 is 2.25 bits per heavy atom. The number of nitrogens with zero attached hydrogens (tertiary/aromatic N) is 3. The van der Waals surface area contributed by atoms with Gasteiger partial charge < -0.3 is 16.0 Å². The lowest BCUT2D eigenvalue weighted by atomic mass is 10.2. The van der Waals surface area contributed by atoms with E-state index < -0.39 is 0 Å². The van der Waals surface area contributed by atoms with Gasteiger partial charge in [-0.25, -0.2) is 0 Å². The number of amidine groups is 1. The summed E-state index contributed by atoms with van der Waals surface area (Å²) in [5.41, 5.74) is 10.3. The van der Waals surface area contributed by atoms with E-state index in [1.807, 2.05) is 13.8 Å². The molecule has 1 aromatic heterocycles. The van der Waals surface area contributed by atoms with Crippen molar-refractivity contribution in [3.63, 3.8) is 0 Å². The fourth-order valence-electron chi connectivity index (χ4n) is 0.841. The van der Waals surface area contributed by atoms with E-state index in [9.17, 15) is 0 Å². The summed E-state index contributed by atoms with van der Waals surface area (Å²) in [5.74, 6) is 1.59. The van der Waals surface area contributed by atoms with Crippen LogP contribution in [0.2, 0.25) is 0 Å². The number of nitrogens with two attached hydrogens (primary N) is 2. The summed E-state index contributed by atoms with van der Waals surface area (Å²) >= 11 is 1.12. The molecule has 0 spiro atoms. The summed E-state index contributed by atoms with van der Waals surface area (Å²) in [6.07, 6.45) is 0. The molecular formula is C8H14N6OS. The van der Waals surface area contributed by atoms with Crippen LogP contribution in [-0.2, 0) is 5.75 Å². The van der Waals surface area contributed by atoms with Gasteiger partial charge in [-0.15, -0.1) is 0 Å². The Hall–Kier alpha value is -1.57. The van der Waals surface area contributed by atoms with E-state index >= 15 is 0 Å². The third kappa shape index (κ3) is 3.89. The Balaban J connectivity index is 2.49. The molecule has 0 aliphatic carbocycles. The zero-order valence-electron chi connectivity index (χ0n) is 9.10. The minimum atomic E-state index is -0.133. The number of hydrogen-bond acceptors (Lipinski definition) is 5. The van der Waals surface area contributed by atoms with Gasteiger partial charge in [0.05, 0.1) is 5.75 Å². The Labute approximate surface area is 97.2 Å². The lowest BCUT2D eigenvalue weighted by molar-refractivity contribution is 0.383.